The molecule has 1 heterocycles. The predicted molar refractivity (Wildman–Crippen MR) is 51.3 cm³/mol. The van der Waals surface area contributed by atoms with Crippen LogP contribution in [-0.4, -0.2) is 18.0 Å². The van der Waals surface area contributed by atoms with Crippen molar-refractivity contribution in [1.29, 1.82) is 0 Å². The maximum Gasteiger partial charge on any atom is 0.336 e. The van der Waals surface area contributed by atoms with Gasteiger partial charge >= 0.3 is 5.97 Å². The standard InChI is InChI=1S/C10H15NO3/c1-6(2)14-10(13)8-4-5-9(12)11-7(8)3/h6H,4-5H2,1-3H3,(H,11,12). The lowest BCUT2D eigenvalue weighted by atomic mass is 10.0. The summed E-state index contributed by atoms with van der Waals surface area (Å²) in [5.74, 6) is -0.360. The van der Waals surface area contributed by atoms with E-state index in [2.05, 4.69) is 5.32 Å². The van der Waals surface area contributed by atoms with Crippen molar-refractivity contribution in [2.75, 3.05) is 0 Å². The smallest absolute Gasteiger partial charge is 0.336 e. The minimum absolute atomic E-state index is 0.0383. The lowest BCUT2D eigenvalue weighted by Crippen LogP contribution is -2.30. The molecule has 0 unspecified atom stereocenters. The zero-order chi connectivity index (χ0) is 10.7. The second kappa shape index (κ2) is 4.26. The monoisotopic (exact) mass is 197 g/mol. The van der Waals surface area contributed by atoms with Gasteiger partial charge in [0.1, 0.15) is 0 Å². The van der Waals surface area contributed by atoms with Gasteiger partial charge in [0.2, 0.25) is 5.91 Å². The average molecular weight is 197 g/mol. The maximum atomic E-state index is 11.5. The van der Waals surface area contributed by atoms with E-state index in [1.807, 2.05) is 0 Å². The number of allylic oxidation sites excluding steroid dienone is 1. The predicted octanol–water partition coefficient (Wildman–Crippen LogP) is 1.12. The largest absolute Gasteiger partial charge is 0.460 e. The van der Waals surface area contributed by atoms with Crippen LogP contribution >= 0.6 is 0 Å². The van der Waals surface area contributed by atoms with Crippen molar-refractivity contribution >= 4 is 11.9 Å². The quantitative estimate of drug-likeness (QED) is 0.675. The summed E-state index contributed by atoms with van der Waals surface area (Å²) in [5.41, 5.74) is 1.20. The van der Waals surface area contributed by atoms with Crippen molar-refractivity contribution in [3.8, 4) is 0 Å². The minimum atomic E-state index is -0.322. The number of hydrogen-bond acceptors (Lipinski definition) is 3. The molecule has 1 N–H and O–H groups in total. The van der Waals surface area contributed by atoms with Crippen LogP contribution < -0.4 is 5.32 Å². The summed E-state index contributed by atoms with van der Waals surface area (Å²) >= 11 is 0. The highest BCUT2D eigenvalue weighted by Crippen LogP contribution is 2.16. The van der Waals surface area contributed by atoms with Crippen LogP contribution in [-0.2, 0) is 14.3 Å². The third-order valence-electron chi connectivity index (χ3n) is 1.97. The van der Waals surface area contributed by atoms with E-state index in [-0.39, 0.29) is 18.0 Å². The van der Waals surface area contributed by atoms with Crippen LogP contribution in [0.2, 0.25) is 0 Å². The molecule has 0 fully saturated rings. The first-order valence-corrected chi connectivity index (χ1v) is 4.71. The molecule has 0 bridgehead atoms. The summed E-state index contributed by atoms with van der Waals surface area (Å²) in [5, 5.41) is 2.62. The Bertz CT molecular complexity index is 292. The molecule has 0 saturated heterocycles. The van der Waals surface area contributed by atoms with Crippen molar-refractivity contribution < 1.29 is 14.3 Å². The SMILES string of the molecule is CC1=C(C(=O)OC(C)C)CCC(=O)N1. The molecule has 4 nitrogen and oxygen atoms in total. The lowest BCUT2D eigenvalue weighted by molar-refractivity contribution is -0.143. The topological polar surface area (TPSA) is 55.4 Å². The average Bonchev–Trinajstić information content (AvgIpc) is 2.01. The van der Waals surface area contributed by atoms with Gasteiger partial charge in [0, 0.05) is 12.1 Å². The van der Waals surface area contributed by atoms with Gasteiger partial charge in [-0.15, -0.1) is 0 Å². The molecule has 1 rings (SSSR count). The van der Waals surface area contributed by atoms with Crippen LogP contribution in [0.3, 0.4) is 0 Å². The van der Waals surface area contributed by atoms with E-state index in [9.17, 15) is 9.59 Å². The molecule has 4 heteroatoms. The van der Waals surface area contributed by atoms with Gasteiger partial charge in [0.15, 0.2) is 0 Å². The molecule has 1 aliphatic heterocycles. The van der Waals surface area contributed by atoms with Crippen LogP contribution in [0.1, 0.15) is 33.6 Å². The molecule has 1 amide bonds. The van der Waals surface area contributed by atoms with E-state index in [0.29, 0.717) is 24.1 Å². The zero-order valence-corrected chi connectivity index (χ0v) is 8.72. The zero-order valence-electron chi connectivity index (χ0n) is 8.72. The number of esters is 1. The van der Waals surface area contributed by atoms with Crippen LogP contribution in [0.25, 0.3) is 0 Å². The third-order valence-corrected chi connectivity index (χ3v) is 1.97. The third kappa shape index (κ3) is 2.58. The molecular weight excluding hydrogens is 182 g/mol. The van der Waals surface area contributed by atoms with Gasteiger partial charge in [-0.3, -0.25) is 4.79 Å². The highest BCUT2D eigenvalue weighted by atomic mass is 16.5. The van der Waals surface area contributed by atoms with E-state index < -0.39 is 0 Å². The highest BCUT2D eigenvalue weighted by molar-refractivity contribution is 5.93. The summed E-state index contributed by atoms with van der Waals surface area (Å²) in [6.07, 6.45) is 0.712. The van der Waals surface area contributed by atoms with Gasteiger partial charge in [0.25, 0.3) is 0 Å². The normalized spacial score (nSPS) is 17.0. The molecule has 0 aromatic rings. The Kier molecular flexibility index (Phi) is 3.28. The molecule has 0 radical (unpaired) electrons. The summed E-state index contributed by atoms with van der Waals surface area (Å²) < 4.78 is 5.05. The molecule has 0 atom stereocenters. The Balaban J connectivity index is 2.72. The summed E-state index contributed by atoms with van der Waals surface area (Å²) in [4.78, 5) is 22.5. The molecule has 0 aromatic heterocycles. The fraction of sp³-hybridized carbons (Fsp3) is 0.600. The van der Waals surface area contributed by atoms with E-state index in [1.54, 1.807) is 20.8 Å². The van der Waals surface area contributed by atoms with E-state index in [4.69, 9.17) is 4.74 Å². The Hall–Kier alpha value is -1.32. The molecular formula is C10H15NO3. The lowest BCUT2D eigenvalue weighted by Gasteiger charge is -2.18. The Labute approximate surface area is 83.3 Å². The number of amides is 1. The fourth-order valence-corrected chi connectivity index (χ4v) is 1.31. The van der Waals surface area contributed by atoms with E-state index >= 15 is 0 Å². The molecule has 14 heavy (non-hydrogen) atoms. The molecule has 0 saturated carbocycles. The van der Waals surface area contributed by atoms with Crippen molar-refractivity contribution in [2.24, 2.45) is 0 Å². The first-order chi connectivity index (χ1) is 6.50. The number of hydrogen-bond donors (Lipinski definition) is 1. The summed E-state index contributed by atoms with van der Waals surface area (Å²) in [7, 11) is 0. The van der Waals surface area contributed by atoms with Gasteiger partial charge in [-0.2, -0.15) is 0 Å². The van der Waals surface area contributed by atoms with Gasteiger partial charge in [0.05, 0.1) is 11.7 Å². The first-order valence-electron chi connectivity index (χ1n) is 4.71. The van der Waals surface area contributed by atoms with Crippen molar-refractivity contribution in [2.45, 2.75) is 39.7 Å². The number of carbonyl (C=O) groups excluding carboxylic acids is 2. The van der Waals surface area contributed by atoms with Gasteiger partial charge in [-0.05, 0) is 27.2 Å². The van der Waals surface area contributed by atoms with Gasteiger partial charge < -0.3 is 10.1 Å². The minimum Gasteiger partial charge on any atom is -0.460 e. The molecule has 0 aromatic carbocycles. The number of carbonyl (C=O) groups is 2. The second-order valence-electron chi connectivity index (χ2n) is 3.61. The Morgan fingerprint density at radius 2 is 2.07 bits per heavy atom. The van der Waals surface area contributed by atoms with Gasteiger partial charge in [-0.25, -0.2) is 4.79 Å². The molecule has 78 valence electrons. The van der Waals surface area contributed by atoms with Crippen LogP contribution in [0.4, 0.5) is 0 Å². The highest BCUT2D eigenvalue weighted by Gasteiger charge is 2.21. The Morgan fingerprint density at radius 1 is 1.43 bits per heavy atom. The maximum absolute atomic E-state index is 11.5. The van der Waals surface area contributed by atoms with Crippen LogP contribution in [0, 0.1) is 0 Å². The van der Waals surface area contributed by atoms with E-state index in [0.717, 1.165) is 0 Å². The first kappa shape index (κ1) is 10.8. The van der Waals surface area contributed by atoms with Crippen molar-refractivity contribution in [3.05, 3.63) is 11.3 Å². The van der Waals surface area contributed by atoms with Crippen LogP contribution in [0.5, 0.6) is 0 Å². The Morgan fingerprint density at radius 3 is 2.57 bits per heavy atom. The van der Waals surface area contributed by atoms with E-state index in [1.165, 1.54) is 0 Å². The van der Waals surface area contributed by atoms with Crippen LogP contribution in [0.15, 0.2) is 11.3 Å². The molecule has 1 aliphatic rings. The molecule has 0 spiro atoms. The second-order valence-corrected chi connectivity index (χ2v) is 3.61. The summed E-state index contributed by atoms with van der Waals surface area (Å²) in [6, 6.07) is 0. The van der Waals surface area contributed by atoms with Crippen molar-refractivity contribution in [3.63, 3.8) is 0 Å². The van der Waals surface area contributed by atoms with Gasteiger partial charge in [-0.1, -0.05) is 0 Å². The number of nitrogens with one attached hydrogen (secondary N) is 1. The van der Waals surface area contributed by atoms with Crippen molar-refractivity contribution in [1.82, 2.24) is 5.32 Å². The number of rotatable bonds is 2. The molecule has 0 aliphatic carbocycles. The number of ether oxygens (including phenoxy) is 1. The fourth-order valence-electron chi connectivity index (χ4n) is 1.31. The summed E-state index contributed by atoms with van der Waals surface area (Å²) in [6.45, 7) is 5.32.